The standard InChI is InChI=1S/C8H8F3N5/c1-7(12,8(9,10)11)6-15-14-5-2-3-13-4-16(5)6/h2-4H,12H2,1H3. The number of halogens is 3. The molecule has 0 aliphatic rings. The molecule has 0 saturated carbocycles. The molecule has 16 heavy (non-hydrogen) atoms. The number of hydrogen-bond acceptors (Lipinski definition) is 4. The summed E-state index contributed by atoms with van der Waals surface area (Å²) < 4.78 is 39.2. The average Bonchev–Trinajstić information content (AvgIpc) is 2.59. The first kappa shape index (κ1) is 10.8. The summed E-state index contributed by atoms with van der Waals surface area (Å²) >= 11 is 0. The Morgan fingerprint density at radius 3 is 2.62 bits per heavy atom. The molecule has 1 atom stereocenters. The van der Waals surface area contributed by atoms with E-state index in [1.807, 2.05) is 0 Å². The van der Waals surface area contributed by atoms with Crippen LogP contribution >= 0.6 is 0 Å². The van der Waals surface area contributed by atoms with E-state index in [0.29, 0.717) is 0 Å². The van der Waals surface area contributed by atoms with Crippen LogP contribution in [0.4, 0.5) is 13.2 Å². The van der Waals surface area contributed by atoms with Crippen molar-refractivity contribution in [2.75, 3.05) is 0 Å². The molecular formula is C8H8F3N5. The van der Waals surface area contributed by atoms with Gasteiger partial charge in [-0.2, -0.15) is 13.2 Å². The fraction of sp³-hybridized carbons (Fsp3) is 0.375. The van der Waals surface area contributed by atoms with Crippen LogP contribution in [0.3, 0.4) is 0 Å². The maximum absolute atomic E-state index is 12.7. The Hall–Kier alpha value is -1.70. The van der Waals surface area contributed by atoms with Crippen molar-refractivity contribution in [2.24, 2.45) is 5.73 Å². The number of aromatic nitrogens is 4. The molecule has 2 N–H and O–H groups in total. The highest BCUT2D eigenvalue weighted by molar-refractivity contribution is 5.36. The fourth-order valence-corrected chi connectivity index (χ4v) is 1.23. The Morgan fingerprint density at radius 1 is 1.31 bits per heavy atom. The van der Waals surface area contributed by atoms with Gasteiger partial charge in [-0.1, -0.05) is 0 Å². The van der Waals surface area contributed by atoms with Crippen molar-refractivity contribution in [1.82, 2.24) is 19.6 Å². The summed E-state index contributed by atoms with van der Waals surface area (Å²) in [5.74, 6) is -0.386. The van der Waals surface area contributed by atoms with Gasteiger partial charge in [0.25, 0.3) is 0 Å². The Kier molecular flexibility index (Phi) is 2.12. The van der Waals surface area contributed by atoms with Crippen molar-refractivity contribution in [3.8, 4) is 0 Å². The van der Waals surface area contributed by atoms with Crippen LogP contribution in [0.1, 0.15) is 12.7 Å². The number of fused-ring (bicyclic) bond motifs is 1. The van der Waals surface area contributed by atoms with Crippen LogP contribution in [0.5, 0.6) is 0 Å². The van der Waals surface area contributed by atoms with E-state index < -0.39 is 11.7 Å². The van der Waals surface area contributed by atoms with Crippen LogP contribution in [0.25, 0.3) is 5.65 Å². The maximum atomic E-state index is 12.7. The lowest BCUT2D eigenvalue weighted by Gasteiger charge is -2.25. The zero-order chi connectivity index (χ0) is 12.0. The molecule has 0 saturated heterocycles. The molecule has 0 fully saturated rings. The summed E-state index contributed by atoms with van der Waals surface area (Å²) in [6.45, 7) is 0.844. The molecule has 8 heteroatoms. The van der Waals surface area contributed by atoms with E-state index in [-0.39, 0.29) is 11.5 Å². The topological polar surface area (TPSA) is 69.1 Å². The average molecular weight is 231 g/mol. The van der Waals surface area contributed by atoms with E-state index in [1.54, 1.807) is 0 Å². The van der Waals surface area contributed by atoms with Gasteiger partial charge in [0.2, 0.25) is 0 Å². The number of nitrogens with zero attached hydrogens (tertiary/aromatic N) is 4. The maximum Gasteiger partial charge on any atom is 0.413 e. The normalized spacial score (nSPS) is 16.3. The third-order valence-corrected chi connectivity index (χ3v) is 2.27. The molecule has 2 rings (SSSR count). The zero-order valence-electron chi connectivity index (χ0n) is 8.23. The second-order valence-electron chi connectivity index (χ2n) is 3.53. The second kappa shape index (κ2) is 3.14. The Bertz CT molecular complexity index is 516. The SMILES string of the molecule is CC(N)(c1nnc2ccncn12)C(F)(F)F. The van der Waals surface area contributed by atoms with Crippen LogP contribution in [-0.2, 0) is 5.54 Å². The zero-order valence-corrected chi connectivity index (χ0v) is 8.23. The van der Waals surface area contributed by atoms with Crippen molar-refractivity contribution in [3.63, 3.8) is 0 Å². The van der Waals surface area contributed by atoms with Crippen LogP contribution in [-0.4, -0.2) is 25.8 Å². The number of rotatable bonds is 1. The molecule has 2 aromatic heterocycles. The summed E-state index contributed by atoms with van der Waals surface area (Å²) in [7, 11) is 0. The van der Waals surface area contributed by atoms with Crippen molar-refractivity contribution in [3.05, 3.63) is 24.4 Å². The molecule has 2 aromatic rings. The molecule has 0 aliphatic carbocycles. The Labute approximate surface area is 88.1 Å². The van der Waals surface area contributed by atoms with E-state index in [4.69, 9.17) is 5.73 Å². The summed E-state index contributed by atoms with van der Waals surface area (Å²) in [4.78, 5) is 3.70. The molecule has 0 aromatic carbocycles. The number of alkyl halides is 3. The highest BCUT2D eigenvalue weighted by Gasteiger charge is 2.52. The van der Waals surface area contributed by atoms with Gasteiger partial charge in [0.05, 0.1) is 0 Å². The largest absolute Gasteiger partial charge is 0.413 e. The van der Waals surface area contributed by atoms with Gasteiger partial charge in [0, 0.05) is 12.3 Å². The Morgan fingerprint density at radius 2 is 2.00 bits per heavy atom. The van der Waals surface area contributed by atoms with Crippen LogP contribution in [0.2, 0.25) is 0 Å². The highest BCUT2D eigenvalue weighted by atomic mass is 19.4. The van der Waals surface area contributed by atoms with Gasteiger partial charge in [-0.05, 0) is 6.92 Å². The third-order valence-electron chi connectivity index (χ3n) is 2.27. The van der Waals surface area contributed by atoms with E-state index in [0.717, 1.165) is 11.3 Å². The van der Waals surface area contributed by atoms with Gasteiger partial charge in [-0.3, -0.25) is 4.40 Å². The predicted octanol–water partition coefficient (Wildman–Crippen LogP) is 0.860. The molecule has 0 bridgehead atoms. The molecule has 0 aliphatic heterocycles. The minimum Gasteiger partial charge on any atom is -0.311 e. The highest BCUT2D eigenvalue weighted by Crippen LogP contribution is 2.35. The van der Waals surface area contributed by atoms with Crippen molar-refractivity contribution >= 4 is 5.65 Å². The third kappa shape index (κ3) is 1.42. The summed E-state index contributed by atoms with van der Waals surface area (Å²) in [6, 6.07) is 1.45. The van der Waals surface area contributed by atoms with Gasteiger partial charge in [-0.25, -0.2) is 4.98 Å². The number of nitrogens with two attached hydrogens (primary N) is 1. The minimum atomic E-state index is -4.61. The molecule has 86 valence electrons. The molecule has 5 nitrogen and oxygen atoms in total. The lowest BCUT2D eigenvalue weighted by Crippen LogP contribution is -2.49. The van der Waals surface area contributed by atoms with E-state index in [9.17, 15) is 13.2 Å². The first-order valence-electron chi connectivity index (χ1n) is 4.35. The van der Waals surface area contributed by atoms with E-state index >= 15 is 0 Å². The second-order valence-corrected chi connectivity index (χ2v) is 3.53. The van der Waals surface area contributed by atoms with Crippen LogP contribution in [0.15, 0.2) is 18.6 Å². The lowest BCUT2D eigenvalue weighted by molar-refractivity contribution is -0.186. The Balaban J connectivity index is 2.64. The van der Waals surface area contributed by atoms with Crippen molar-refractivity contribution in [1.29, 1.82) is 0 Å². The molecule has 2 heterocycles. The summed E-state index contributed by atoms with van der Waals surface area (Å²) in [5, 5.41) is 7.05. The van der Waals surface area contributed by atoms with Crippen LogP contribution < -0.4 is 5.73 Å². The molecule has 0 amide bonds. The summed E-state index contributed by atoms with van der Waals surface area (Å²) in [6.07, 6.45) is -2.00. The van der Waals surface area contributed by atoms with Crippen molar-refractivity contribution in [2.45, 2.75) is 18.6 Å². The van der Waals surface area contributed by atoms with Crippen molar-refractivity contribution < 1.29 is 13.2 Å². The van der Waals surface area contributed by atoms with E-state index in [1.165, 1.54) is 18.6 Å². The molecular weight excluding hydrogens is 223 g/mol. The minimum absolute atomic E-state index is 0.269. The van der Waals surface area contributed by atoms with Crippen LogP contribution in [0, 0.1) is 0 Å². The van der Waals surface area contributed by atoms with Gasteiger partial charge >= 0.3 is 6.18 Å². The molecule has 0 spiro atoms. The van der Waals surface area contributed by atoms with Gasteiger partial charge in [0.1, 0.15) is 6.33 Å². The van der Waals surface area contributed by atoms with E-state index in [2.05, 4.69) is 15.2 Å². The smallest absolute Gasteiger partial charge is 0.311 e. The van der Waals surface area contributed by atoms with Gasteiger partial charge < -0.3 is 5.73 Å². The molecule has 1 unspecified atom stereocenters. The molecule has 0 radical (unpaired) electrons. The first-order chi connectivity index (χ1) is 7.34. The lowest BCUT2D eigenvalue weighted by atomic mass is 10.0. The predicted molar refractivity (Wildman–Crippen MR) is 48.4 cm³/mol. The first-order valence-corrected chi connectivity index (χ1v) is 4.35. The fourth-order valence-electron chi connectivity index (χ4n) is 1.23. The van der Waals surface area contributed by atoms with Gasteiger partial charge in [0.15, 0.2) is 17.0 Å². The monoisotopic (exact) mass is 231 g/mol. The summed E-state index contributed by atoms with van der Waals surface area (Å²) in [5.41, 5.74) is 2.96. The van der Waals surface area contributed by atoms with Gasteiger partial charge in [-0.15, -0.1) is 10.2 Å². The number of hydrogen-bond donors (Lipinski definition) is 1. The quantitative estimate of drug-likeness (QED) is 0.790.